The van der Waals surface area contributed by atoms with Gasteiger partial charge in [0.2, 0.25) is 0 Å². The summed E-state index contributed by atoms with van der Waals surface area (Å²) in [6.07, 6.45) is 7.39. The fraction of sp³-hybridized carbons (Fsp3) is 0.600. The zero-order valence-electron chi connectivity index (χ0n) is 11.0. The van der Waals surface area contributed by atoms with Crippen LogP contribution in [0.4, 0.5) is 0 Å². The highest BCUT2D eigenvalue weighted by Crippen LogP contribution is 2.26. The Kier molecular flexibility index (Phi) is 5.97. The van der Waals surface area contributed by atoms with E-state index in [9.17, 15) is 0 Å². The maximum absolute atomic E-state index is 2.41. The summed E-state index contributed by atoms with van der Waals surface area (Å²) in [5, 5.41) is 0. The first-order valence-electron chi connectivity index (χ1n) is 6.35. The van der Waals surface area contributed by atoms with E-state index in [4.69, 9.17) is 0 Å². The minimum Gasteiger partial charge on any atom is -0.129 e. The van der Waals surface area contributed by atoms with Crippen molar-refractivity contribution in [1.82, 2.24) is 0 Å². The van der Waals surface area contributed by atoms with Crippen LogP contribution in [0.3, 0.4) is 0 Å². The predicted octanol–water partition coefficient (Wildman–Crippen LogP) is 5.26. The third-order valence-corrected chi connectivity index (χ3v) is 3.86. The second-order valence-corrected chi connectivity index (χ2v) is 5.53. The van der Waals surface area contributed by atoms with Gasteiger partial charge in [0.15, 0.2) is 0 Å². The van der Waals surface area contributed by atoms with Crippen LogP contribution < -0.4 is 0 Å². The lowest BCUT2D eigenvalue weighted by Crippen LogP contribution is -1.94. The molecule has 0 saturated carbocycles. The molecule has 0 N–H and O–H groups in total. The van der Waals surface area contributed by atoms with Crippen LogP contribution in [0, 0.1) is 0 Å². The van der Waals surface area contributed by atoms with E-state index >= 15 is 0 Å². The summed E-state index contributed by atoms with van der Waals surface area (Å²) in [4.78, 5) is 1.46. The van der Waals surface area contributed by atoms with Crippen LogP contribution in [-0.2, 0) is 6.42 Å². The molecule has 0 spiro atoms. The molecule has 0 aromatic heterocycles. The van der Waals surface area contributed by atoms with Crippen molar-refractivity contribution in [3.8, 4) is 0 Å². The van der Waals surface area contributed by atoms with Crippen LogP contribution in [0.15, 0.2) is 23.1 Å². The van der Waals surface area contributed by atoms with Gasteiger partial charge in [0, 0.05) is 4.90 Å². The summed E-state index contributed by atoms with van der Waals surface area (Å²) in [5.74, 6) is 0.640. The van der Waals surface area contributed by atoms with E-state index in [0.717, 1.165) is 0 Å². The number of hydrogen-bond acceptors (Lipinski definition) is 1. The van der Waals surface area contributed by atoms with Crippen molar-refractivity contribution in [2.75, 3.05) is 6.26 Å². The van der Waals surface area contributed by atoms with E-state index in [1.165, 1.54) is 36.1 Å². The minimum atomic E-state index is 0.640. The highest BCUT2D eigenvalue weighted by atomic mass is 32.2. The van der Waals surface area contributed by atoms with Gasteiger partial charge in [-0.15, -0.1) is 11.8 Å². The van der Waals surface area contributed by atoms with Gasteiger partial charge in [0.25, 0.3) is 0 Å². The van der Waals surface area contributed by atoms with E-state index < -0.39 is 0 Å². The molecular weight excluding hydrogens is 212 g/mol. The third kappa shape index (κ3) is 3.86. The van der Waals surface area contributed by atoms with Gasteiger partial charge in [-0.2, -0.15) is 0 Å². The Hall–Kier alpha value is -0.430. The molecule has 0 aliphatic rings. The van der Waals surface area contributed by atoms with Gasteiger partial charge >= 0.3 is 0 Å². The van der Waals surface area contributed by atoms with E-state index in [-0.39, 0.29) is 0 Å². The summed E-state index contributed by atoms with van der Waals surface area (Å²) in [6, 6.07) is 6.98. The van der Waals surface area contributed by atoms with Crippen LogP contribution in [0.5, 0.6) is 0 Å². The van der Waals surface area contributed by atoms with Gasteiger partial charge in [0.1, 0.15) is 0 Å². The molecule has 1 heteroatoms. The zero-order valence-corrected chi connectivity index (χ0v) is 11.9. The van der Waals surface area contributed by atoms with Crippen LogP contribution in [-0.4, -0.2) is 6.26 Å². The molecule has 0 aliphatic heterocycles. The van der Waals surface area contributed by atoms with Crippen molar-refractivity contribution in [3.63, 3.8) is 0 Å². The largest absolute Gasteiger partial charge is 0.129 e. The number of hydrogen-bond donors (Lipinski definition) is 0. The normalized spacial score (nSPS) is 11.1. The predicted molar refractivity (Wildman–Crippen MR) is 75.5 cm³/mol. The Morgan fingerprint density at radius 1 is 1.19 bits per heavy atom. The number of unbranched alkanes of at least 4 members (excludes halogenated alkanes) is 2. The zero-order chi connectivity index (χ0) is 12.0. The summed E-state index contributed by atoms with van der Waals surface area (Å²) in [7, 11) is 0. The van der Waals surface area contributed by atoms with Gasteiger partial charge in [0.05, 0.1) is 0 Å². The van der Waals surface area contributed by atoms with Gasteiger partial charge < -0.3 is 0 Å². The lowest BCUT2D eigenvalue weighted by Gasteiger charge is -2.12. The Morgan fingerprint density at radius 2 is 1.94 bits per heavy atom. The van der Waals surface area contributed by atoms with E-state index in [0.29, 0.717) is 5.92 Å². The van der Waals surface area contributed by atoms with E-state index in [2.05, 4.69) is 45.2 Å². The second-order valence-electron chi connectivity index (χ2n) is 4.68. The Balaban J connectivity index is 2.80. The standard InChI is InChI=1S/C15H24S/c1-5-6-7-8-14-11-13(12(2)3)9-10-15(14)16-4/h9-12H,5-8H2,1-4H3. The average Bonchev–Trinajstić information content (AvgIpc) is 2.29. The van der Waals surface area contributed by atoms with Crippen molar-refractivity contribution in [2.24, 2.45) is 0 Å². The summed E-state index contributed by atoms with van der Waals surface area (Å²) >= 11 is 1.87. The van der Waals surface area contributed by atoms with Gasteiger partial charge in [-0.3, -0.25) is 0 Å². The highest BCUT2D eigenvalue weighted by Gasteiger charge is 2.05. The smallest absolute Gasteiger partial charge is 0.0101 e. The molecule has 1 aromatic rings. The Labute approximate surface area is 105 Å². The molecule has 0 aliphatic carbocycles. The first kappa shape index (κ1) is 13.6. The van der Waals surface area contributed by atoms with Crippen molar-refractivity contribution < 1.29 is 0 Å². The van der Waals surface area contributed by atoms with Crippen LogP contribution in [0.1, 0.15) is 57.1 Å². The topological polar surface area (TPSA) is 0 Å². The summed E-state index contributed by atoms with van der Waals surface area (Å²) in [5.41, 5.74) is 3.02. The SMILES string of the molecule is CCCCCc1cc(C(C)C)ccc1SC. The molecule has 0 amide bonds. The minimum absolute atomic E-state index is 0.640. The average molecular weight is 236 g/mol. The molecule has 0 saturated heterocycles. The molecule has 0 atom stereocenters. The molecule has 0 heterocycles. The maximum Gasteiger partial charge on any atom is 0.0101 e. The lowest BCUT2D eigenvalue weighted by atomic mass is 9.98. The fourth-order valence-electron chi connectivity index (χ4n) is 1.92. The summed E-state index contributed by atoms with van der Waals surface area (Å²) in [6.45, 7) is 6.80. The number of benzene rings is 1. The van der Waals surface area contributed by atoms with Crippen LogP contribution >= 0.6 is 11.8 Å². The third-order valence-electron chi connectivity index (χ3n) is 3.02. The van der Waals surface area contributed by atoms with E-state index in [1.54, 1.807) is 5.56 Å². The van der Waals surface area contributed by atoms with E-state index in [1.807, 2.05) is 11.8 Å². The highest BCUT2D eigenvalue weighted by molar-refractivity contribution is 7.98. The molecule has 0 unspecified atom stereocenters. The molecule has 90 valence electrons. The van der Waals surface area contributed by atoms with Crippen molar-refractivity contribution in [1.29, 1.82) is 0 Å². The quantitative estimate of drug-likeness (QED) is 0.479. The fourth-order valence-corrected chi connectivity index (χ4v) is 2.55. The summed E-state index contributed by atoms with van der Waals surface area (Å²) < 4.78 is 0. The number of aryl methyl sites for hydroxylation is 1. The molecule has 16 heavy (non-hydrogen) atoms. The first-order valence-corrected chi connectivity index (χ1v) is 7.58. The monoisotopic (exact) mass is 236 g/mol. The molecule has 0 nitrogen and oxygen atoms in total. The molecule has 0 radical (unpaired) electrons. The van der Waals surface area contributed by atoms with Crippen molar-refractivity contribution >= 4 is 11.8 Å². The molecular formula is C15H24S. The molecule has 0 fully saturated rings. The molecule has 0 bridgehead atoms. The van der Waals surface area contributed by atoms with Crippen molar-refractivity contribution in [2.45, 2.75) is 57.3 Å². The Morgan fingerprint density at radius 3 is 2.50 bits per heavy atom. The molecule has 1 rings (SSSR count). The maximum atomic E-state index is 2.41. The van der Waals surface area contributed by atoms with Gasteiger partial charge in [-0.1, -0.05) is 45.7 Å². The second kappa shape index (κ2) is 7.01. The lowest BCUT2D eigenvalue weighted by molar-refractivity contribution is 0.710. The first-order chi connectivity index (χ1) is 7.69. The molecule has 1 aromatic carbocycles. The van der Waals surface area contributed by atoms with Gasteiger partial charge in [-0.25, -0.2) is 0 Å². The van der Waals surface area contributed by atoms with Crippen LogP contribution in [0.2, 0.25) is 0 Å². The number of rotatable bonds is 6. The number of thioether (sulfide) groups is 1. The van der Waals surface area contributed by atoms with Gasteiger partial charge in [-0.05, 0) is 42.2 Å². The van der Waals surface area contributed by atoms with Crippen LogP contribution in [0.25, 0.3) is 0 Å². The Bertz CT molecular complexity index is 315. The van der Waals surface area contributed by atoms with Crippen molar-refractivity contribution in [3.05, 3.63) is 29.3 Å².